The summed E-state index contributed by atoms with van der Waals surface area (Å²) in [6.45, 7) is 3.42. The third-order valence-corrected chi connectivity index (χ3v) is 2.07. The number of amides is 1. The fourth-order valence-corrected chi connectivity index (χ4v) is 1.51. The minimum Gasteiger partial charge on any atom is -0.354 e. The maximum absolute atomic E-state index is 10.6. The monoisotopic (exact) mass is 152 g/mol. The molecule has 1 rings (SSSR count). The van der Waals surface area contributed by atoms with E-state index in [0.717, 1.165) is 12.8 Å². The number of hydrogen-bond acceptors (Lipinski definition) is 2. The molecule has 1 N–H and O–H groups in total. The van der Waals surface area contributed by atoms with Gasteiger partial charge in [0.15, 0.2) is 0 Å². The van der Waals surface area contributed by atoms with Gasteiger partial charge in [0.2, 0.25) is 5.91 Å². The normalized spacial score (nSPS) is 35.2. The zero-order valence-electron chi connectivity index (χ0n) is 6.85. The number of hydrogen-bond donors (Lipinski definition) is 1. The topological polar surface area (TPSA) is 52.9 Å². The fourth-order valence-electron chi connectivity index (χ4n) is 1.51. The van der Waals surface area contributed by atoms with Crippen LogP contribution in [0, 0.1) is 16.7 Å². The summed E-state index contributed by atoms with van der Waals surface area (Å²) in [4.78, 5) is 10.6. The highest BCUT2D eigenvalue weighted by Crippen LogP contribution is 2.39. The van der Waals surface area contributed by atoms with Crippen LogP contribution in [0.2, 0.25) is 0 Å². The average Bonchev–Trinajstić information content (AvgIpc) is 1.83. The molecular weight excluding hydrogens is 140 g/mol. The molecular formula is C8H12N2O. The van der Waals surface area contributed by atoms with Gasteiger partial charge in [0, 0.05) is 13.0 Å². The summed E-state index contributed by atoms with van der Waals surface area (Å²) in [6, 6.07) is 2.46. The lowest BCUT2D eigenvalue weighted by atomic mass is 9.68. The first-order valence-corrected chi connectivity index (χ1v) is 3.74. The molecule has 1 aliphatic carbocycles. The third-order valence-electron chi connectivity index (χ3n) is 2.07. The highest BCUT2D eigenvalue weighted by molar-refractivity contribution is 5.73. The molecule has 0 heterocycles. The molecule has 0 spiro atoms. The smallest absolute Gasteiger partial charge is 0.217 e. The van der Waals surface area contributed by atoms with Crippen LogP contribution in [0.3, 0.4) is 0 Å². The lowest BCUT2D eigenvalue weighted by molar-refractivity contribution is -0.120. The molecule has 0 unspecified atom stereocenters. The van der Waals surface area contributed by atoms with Gasteiger partial charge in [-0.1, -0.05) is 0 Å². The van der Waals surface area contributed by atoms with Gasteiger partial charge in [-0.25, -0.2) is 0 Å². The van der Waals surface area contributed by atoms with E-state index in [0.29, 0.717) is 0 Å². The first-order chi connectivity index (χ1) is 5.06. The second-order valence-electron chi connectivity index (χ2n) is 3.48. The molecule has 1 amide bonds. The van der Waals surface area contributed by atoms with Gasteiger partial charge < -0.3 is 5.32 Å². The van der Waals surface area contributed by atoms with Crippen molar-refractivity contribution in [3.05, 3.63) is 0 Å². The van der Waals surface area contributed by atoms with E-state index in [2.05, 4.69) is 11.4 Å². The number of nitriles is 1. The summed E-state index contributed by atoms with van der Waals surface area (Å²) in [5.41, 5.74) is -0.187. The van der Waals surface area contributed by atoms with Crippen LogP contribution >= 0.6 is 0 Å². The minimum atomic E-state index is -0.187. The molecule has 1 saturated carbocycles. The van der Waals surface area contributed by atoms with Crippen LogP contribution in [-0.4, -0.2) is 11.9 Å². The van der Waals surface area contributed by atoms with Crippen LogP contribution in [0.4, 0.5) is 0 Å². The molecule has 60 valence electrons. The summed E-state index contributed by atoms with van der Waals surface area (Å²) in [7, 11) is 0. The average molecular weight is 152 g/mol. The molecule has 0 aromatic carbocycles. The van der Waals surface area contributed by atoms with Crippen LogP contribution in [0.25, 0.3) is 0 Å². The predicted octanol–water partition coefficient (Wildman–Crippen LogP) is 0.815. The molecule has 11 heavy (non-hydrogen) atoms. The van der Waals surface area contributed by atoms with Crippen molar-refractivity contribution in [2.45, 2.75) is 32.7 Å². The Labute approximate surface area is 66.4 Å². The number of carbonyl (C=O) groups is 1. The summed E-state index contributed by atoms with van der Waals surface area (Å²) < 4.78 is 0. The van der Waals surface area contributed by atoms with Crippen molar-refractivity contribution in [2.75, 3.05) is 0 Å². The van der Waals surface area contributed by atoms with Crippen LogP contribution in [-0.2, 0) is 4.79 Å². The molecule has 0 atom stereocenters. The van der Waals surface area contributed by atoms with E-state index < -0.39 is 0 Å². The molecule has 1 aliphatic rings. The van der Waals surface area contributed by atoms with Crippen LogP contribution in [0.1, 0.15) is 26.7 Å². The fraction of sp³-hybridized carbons (Fsp3) is 0.750. The van der Waals surface area contributed by atoms with E-state index in [4.69, 9.17) is 5.26 Å². The Morgan fingerprint density at radius 3 is 2.64 bits per heavy atom. The van der Waals surface area contributed by atoms with Crippen molar-refractivity contribution in [2.24, 2.45) is 5.41 Å². The number of rotatable bonds is 1. The van der Waals surface area contributed by atoms with Crippen molar-refractivity contribution in [1.29, 1.82) is 5.26 Å². The van der Waals surface area contributed by atoms with Crippen LogP contribution in [0.5, 0.6) is 0 Å². The van der Waals surface area contributed by atoms with Gasteiger partial charge in [-0.2, -0.15) is 5.26 Å². The van der Waals surface area contributed by atoms with Crippen molar-refractivity contribution in [3.8, 4) is 6.07 Å². The number of nitrogens with one attached hydrogen (secondary N) is 1. The number of nitrogens with zero attached hydrogens (tertiary/aromatic N) is 1. The summed E-state index contributed by atoms with van der Waals surface area (Å²) >= 11 is 0. The molecule has 0 radical (unpaired) electrons. The van der Waals surface area contributed by atoms with Gasteiger partial charge in [-0.15, -0.1) is 0 Å². The van der Waals surface area contributed by atoms with E-state index >= 15 is 0 Å². The maximum atomic E-state index is 10.6. The molecule has 0 aliphatic heterocycles. The van der Waals surface area contributed by atoms with Gasteiger partial charge in [-0.3, -0.25) is 4.79 Å². The summed E-state index contributed by atoms with van der Waals surface area (Å²) in [6.07, 6.45) is 1.59. The first-order valence-electron chi connectivity index (χ1n) is 3.74. The van der Waals surface area contributed by atoms with Gasteiger partial charge in [0.05, 0.1) is 11.5 Å². The first kappa shape index (κ1) is 8.06. The van der Waals surface area contributed by atoms with Gasteiger partial charge >= 0.3 is 0 Å². The van der Waals surface area contributed by atoms with Crippen LogP contribution < -0.4 is 5.32 Å². The Morgan fingerprint density at radius 1 is 1.73 bits per heavy atom. The highest BCUT2D eigenvalue weighted by Gasteiger charge is 2.40. The van der Waals surface area contributed by atoms with E-state index in [1.807, 2.05) is 6.92 Å². The van der Waals surface area contributed by atoms with Gasteiger partial charge in [0.1, 0.15) is 0 Å². The minimum absolute atomic E-state index is 0.00464. The Balaban J connectivity index is 2.31. The molecule has 0 aromatic heterocycles. The Hall–Kier alpha value is -1.04. The SMILES string of the molecule is CC(=O)NC1CC(C)(C#N)C1. The largest absolute Gasteiger partial charge is 0.354 e. The van der Waals surface area contributed by atoms with Crippen molar-refractivity contribution < 1.29 is 4.79 Å². The molecule has 0 saturated heterocycles. The highest BCUT2D eigenvalue weighted by atomic mass is 16.1. The second-order valence-corrected chi connectivity index (χ2v) is 3.48. The third kappa shape index (κ3) is 1.70. The number of carbonyl (C=O) groups excluding carboxylic acids is 1. The lowest BCUT2D eigenvalue weighted by Gasteiger charge is -2.39. The maximum Gasteiger partial charge on any atom is 0.217 e. The molecule has 0 aromatic rings. The van der Waals surface area contributed by atoms with Crippen molar-refractivity contribution in [1.82, 2.24) is 5.32 Å². The quantitative estimate of drug-likeness (QED) is 0.604. The van der Waals surface area contributed by atoms with E-state index in [1.165, 1.54) is 6.92 Å². The molecule has 3 nitrogen and oxygen atoms in total. The summed E-state index contributed by atoms with van der Waals surface area (Å²) in [5, 5.41) is 11.4. The van der Waals surface area contributed by atoms with Crippen molar-refractivity contribution in [3.63, 3.8) is 0 Å². The Morgan fingerprint density at radius 2 is 2.27 bits per heavy atom. The molecule has 3 heteroatoms. The van der Waals surface area contributed by atoms with Gasteiger partial charge in [-0.05, 0) is 19.8 Å². The second kappa shape index (κ2) is 2.54. The van der Waals surface area contributed by atoms with Crippen LogP contribution in [0.15, 0.2) is 0 Å². The Kier molecular flexibility index (Phi) is 1.86. The predicted molar refractivity (Wildman–Crippen MR) is 40.6 cm³/mol. The van der Waals surface area contributed by atoms with E-state index in [-0.39, 0.29) is 17.4 Å². The summed E-state index contributed by atoms with van der Waals surface area (Å²) in [5.74, 6) is -0.00464. The van der Waals surface area contributed by atoms with E-state index in [1.54, 1.807) is 0 Å². The standard InChI is InChI=1S/C8H12N2O/c1-6(11)10-7-3-8(2,4-7)5-9/h7H,3-4H2,1-2H3,(H,10,11). The van der Waals surface area contributed by atoms with E-state index in [9.17, 15) is 4.79 Å². The molecule has 1 fully saturated rings. The molecule has 0 bridgehead atoms. The van der Waals surface area contributed by atoms with Crippen molar-refractivity contribution >= 4 is 5.91 Å². The van der Waals surface area contributed by atoms with Gasteiger partial charge in [0.25, 0.3) is 0 Å². The zero-order chi connectivity index (χ0) is 8.48. The zero-order valence-corrected chi connectivity index (χ0v) is 6.85. The lowest BCUT2D eigenvalue weighted by Crippen LogP contribution is -2.48. The Bertz CT molecular complexity index is 211.